The van der Waals surface area contributed by atoms with Gasteiger partial charge in [0.2, 0.25) is 5.91 Å². The highest BCUT2D eigenvalue weighted by molar-refractivity contribution is 6.37. The van der Waals surface area contributed by atoms with Crippen LogP contribution in [0.3, 0.4) is 0 Å². The molecule has 0 bridgehead atoms. The zero-order valence-corrected chi connectivity index (χ0v) is 19.8. The molecule has 6 rings (SSSR count). The van der Waals surface area contributed by atoms with Gasteiger partial charge in [-0.3, -0.25) is 14.8 Å². The van der Waals surface area contributed by atoms with E-state index in [1.54, 1.807) is 30.5 Å². The van der Waals surface area contributed by atoms with E-state index >= 15 is 4.39 Å². The average molecular weight is 511 g/mol. The van der Waals surface area contributed by atoms with Crippen LogP contribution < -0.4 is 4.90 Å². The molecule has 5 nitrogen and oxygen atoms in total. The molecule has 4 aromatic rings. The summed E-state index contributed by atoms with van der Waals surface area (Å²) in [5, 5.41) is 1.83. The van der Waals surface area contributed by atoms with E-state index in [0.717, 1.165) is 6.42 Å². The van der Waals surface area contributed by atoms with Crippen LogP contribution in [-0.4, -0.2) is 45.9 Å². The minimum Gasteiger partial charge on any atom is -0.362 e. The second-order valence-corrected chi connectivity index (χ2v) is 9.50. The van der Waals surface area contributed by atoms with Gasteiger partial charge < -0.3 is 9.80 Å². The molecule has 0 saturated carbocycles. The minimum atomic E-state index is -0.639. The van der Waals surface area contributed by atoms with Crippen molar-refractivity contribution in [1.29, 1.82) is 0 Å². The van der Waals surface area contributed by atoms with Crippen molar-refractivity contribution in [2.45, 2.75) is 18.5 Å². The standard InChI is InChI=1S/C26H18Cl2F2N4O/c1-2-20(35)33-9-8-18-19(33)12-34(18)26-15-10-31-24(23(30)25(15)32-11-16(26)27)14-5-3-4-13-6-7-17(29)22(28)21(13)14/h2-7,10-11,18-19H,1,8-9,12H2/t18-,19-/m1/s1. The molecular formula is C26H18Cl2F2N4O. The molecule has 2 aromatic heterocycles. The highest BCUT2D eigenvalue weighted by atomic mass is 35.5. The number of nitrogens with zero attached hydrogens (tertiary/aromatic N) is 4. The average Bonchev–Trinajstić information content (AvgIpc) is 3.18. The first-order valence-corrected chi connectivity index (χ1v) is 11.9. The third kappa shape index (κ3) is 3.22. The van der Waals surface area contributed by atoms with Crippen molar-refractivity contribution in [2.75, 3.05) is 18.0 Å². The number of benzene rings is 2. The van der Waals surface area contributed by atoms with Crippen LogP contribution >= 0.6 is 23.2 Å². The van der Waals surface area contributed by atoms with Crippen molar-refractivity contribution in [3.8, 4) is 11.3 Å². The maximum Gasteiger partial charge on any atom is 0.246 e. The first-order chi connectivity index (χ1) is 16.9. The summed E-state index contributed by atoms with van der Waals surface area (Å²) in [5.41, 5.74) is 1.16. The van der Waals surface area contributed by atoms with Crippen molar-refractivity contribution >= 4 is 56.5 Å². The summed E-state index contributed by atoms with van der Waals surface area (Å²) >= 11 is 12.8. The van der Waals surface area contributed by atoms with E-state index in [9.17, 15) is 9.18 Å². The van der Waals surface area contributed by atoms with E-state index in [2.05, 4.69) is 21.4 Å². The number of anilines is 1. The fourth-order valence-electron chi connectivity index (χ4n) is 5.34. The molecule has 0 N–H and O–H groups in total. The molecule has 2 atom stereocenters. The topological polar surface area (TPSA) is 49.3 Å². The number of hydrogen-bond acceptors (Lipinski definition) is 4. The second kappa shape index (κ2) is 8.14. The number of hydrogen-bond donors (Lipinski definition) is 0. The third-order valence-corrected chi connectivity index (χ3v) is 7.66. The van der Waals surface area contributed by atoms with E-state index in [-0.39, 0.29) is 34.2 Å². The van der Waals surface area contributed by atoms with E-state index in [1.807, 2.05) is 4.90 Å². The molecule has 2 aromatic carbocycles. The van der Waals surface area contributed by atoms with Crippen molar-refractivity contribution < 1.29 is 13.6 Å². The Morgan fingerprint density at radius 1 is 1.11 bits per heavy atom. The van der Waals surface area contributed by atoms with E-state index in [1.165, 1.54) is 18.3 Å². The number of halogens is 4. The van der Waals surface area contributed by atoms with Crippen molar-refractivity contribution in [3.05, 3.63) is 77.1 Å². The largest absolute Gasteiger partial charge is 0.362 e. The molecule has 2 aliphatic rings. The van der Waals surface area contributed by atoms with Crippen LogP contribution in [0.25, 0.3) is 32.9 Å². The van der Waals surface area contributed by atoms with Gasteiger partial charge in [-0.2, -0.15) is 0 Å². The van der Waals surface area contributed by atoms with Crippen LogP contribution in [0.4, 0.5) is 14.5 Å². The van der Waals surface area contributed by atoms with Gasteiger partial charge >= 0.3 is 0 Å². The van der Waals surface area contributed by atoms with Crippen LogP contribution in [0.15, 0.2) is 55.4 Å². The van der Waals surface area contributed by atoms with Crippen LogP contribution in [-0.2, 0) is 4.79 Å². The summed E-state index contributed by atoms with van der Waals surface area (Å²) in [6.07, 6.45) is 5.07. The normalized spacial score (nSPS) is 19.2. The summed E-state index contributed by atoms with van der Waals surface area (Å²) in [5.74, 6) is -1.32. The van der Waals surface area contributed by atoms with Crippen molar-refractivity contribution in [2.24, 2.45) is 0 Å². The number of carbonyl (C=O) groups is 1. The summed E-state index contributed by atoms with van der Waals surface area (Å²) in [6, 6.07) is 8.19. The number of carbonyl (C=O) groups excluding carboxylic acids is 1. The zero-order valence-electron chi connectivity index (χ0n) is 18.3. The summed E-state index contributed by atoms with van der Waals surface area (Å²) in [4.78, 5) is 24.7. The Labute approximate surface area is 209 Å². The zero-order chi connectivity index (χ0) is 24.4. The molecule has 2 saturated heterocycles. The predicted octanol–water partition coefficient (Wildman–Crippen LogP) is 6.01. The highest BCUT2D eigenvalue weighted by Crippen LogP contribution is 2.44. The number of fused-ring (bicyclic) bond motifs is 3. The number of aromatic nitrogens is 2. The quantitative estimate of drug-likeness (QED) is 0.316. The van der Waals surface area contributed by atoms with E-state index in [4.69, 9.17) is 23.2 Å². The first-order valence-electron chi connectivity index (χ1n) is 11.1. The Kier molecular flexibility index (Phi) is 5.16. The Hall–Kier alpha value is -3.29. The lowest BCUT2D eigenvalue weighted by molar-refractivity contribution is -0.127. The van der Waals surface area contributed by atoms with Crippen molar-refractivity contribution in [1.82, 2.24) is 14.9 Å². The molecular weight excluding hydrogens is 493 g/mol. The predicted molar refractivity (Wildman–Crippen MR) is 134 cm³/mol. The molecule has 0 aliphatic carbocycles. The van der Waals surface area contributed by atoms with Gasteiger partial charge in [0.25, 0.3) is 0 Å². The van der Waals surface area contributed by atoms with Gasteiger partial charge in [0.1, 0.15) is 17.0 Å². The maximum atomic E-state index is 15.9. The molecule has 0 radical (unpaired) electrons. The van der Waals surface area contributed by atoms with E-state index in [0.29, 0.717) is 45.5 Å². The van der Waals surface area contributed by atoms with Gasteiger partial charge in [-0.15, -0.1) is 0 Å². The smallest absolute Gasteiger partial charge is 0.246 e. The molecule has 2 aliphatic heterocycles. The van der Waals surface area contributed by atoms with Crippen molar-refractivity contribution in [3.63, 3.8) is 0 Å². The van der Waals surface area contributed by atoms with Gasteiger partial charge in [-0.25, -0.2) is 8.78 Å². The fourth-order valence-corrected chi connectivity index (χ4v) is 5.88. The molecule has 176 valence electrons. The Balaban J connectivity index is 1.47. The van der Waals surface area contributed by atoms with Gasteiger partial charge in [-0.1, -0.05) is 54.0 Å². The minimum absolute atomic E-state index is 0.0291. The SMILES string of the molecule is C=CC(=O)N1CC[C@@H]2[C@H]1CN2c1c(Cl)cnc2c(F)c(-c3cccc4ccc(F)c(Cl)c34)ncc12. The first kappa shape index (κ1) is 22.2. The van der Waals surface area contributed by atoms with Crippen LogP contribution in [0, 0.1) is 11.6 Å². The Morgan fingerprint density at radius 2 is 1.94 bits per heavy atom. The molecule has 35 heavy (non-hydrogen) atoms. The van der Waals surface area contributed by atoms with Crippen LogP contribution in [0.2, 0.25) is 10.0 Å². The van der Waals surface area contributed by atoms with Gasteiger partial charge in [0.15, 0.2) is 5.82 Å². The number of amides is 1. The number of rotatable bonds is 3. The van der Waals surface area contributed by atoms with Crippen LogP contribution in [0.1, 0.15) is 6.42 Å². The van der Waals surface area contributed by atoms with Gasteiger partial charge in [-0.05, 0) is 23.9 Å². The molecule has 9 heteroatoms. The lowest BCUT2D eigenvalue weighted by Gasteiger charge is -2.48. The molecule has 1 amide bonds. The highest BCUT2D eigenvalue weighted by Gasteiger charge is 2.49. The molecule has 4 heterocycles. The number of likely N-dealkylation sites (tertiary alicyclic amines) is 1. The molecule has 0 unspecified atom stereocenters. The lowest BCUT2D eigenvalue weighted by Crippen LogP contribution is -2.62. The van der Waals surface area contributed by atoms with Gasteiger partial charge in [0.05, 0.1) is 27.8 Å². The lowest BCUT2D eigenvalue weighted by atomic mass is 9.95. The maximum absolute atomic E-state index is 15.9. The third-order valence-electron chi connectivity index (χ3n) is 7.01. The Bertz CT molecular complexity index is 1560. The molecule has 2 fully saturated rings. The van der Waals surface area contributed by atoms with Crippen LogP contribution in [0.5, 0.6) is 0 Å². The second-order valence-electron chi connectivity index (χ2n) is 8.71. The monoisotopic (exact) mass is 510 g/mol. The molecule has 0 spiro atoms. The Morgan fingerprint density at radius 3 is 2.74 bits per heavy atom. The fraction of sp³-hybridized carbons (Fsp3) is 0.192. The summed E-state index contributed by atoms with van der Waals surface area (Å²) in [6.45, 7) is 4.79. The summed E-state index contributed by atoms with van der Waals surface area (Å²) < 4.78 is 30.1. The number of pyridine rings is 2. The summed E-state index contributed by atoms with van der Waals surface area (Å²) in [7, 11) is 0. The van der Waals surface area contributed by atoms with Gasteiger partial charge in [0, 0.05) is 41.8 Å². The van der Waals surface area contributed by atoms with E-state index < -0.39 is 11.6 Å².